The van der Waals surface area contributed by atoms with E-state index in [0.29, 0.717) is 19.1 Å². The maximum Gasteiger partial charge on any atom is 0.123 e. The number of piperidine rings is 1. The summed E-state index contributed by atoms with van der Waals surface area (Å²) in [5, 5.41) is 3.39. The summed E-state index contributed by atoms with van der Waals surface area (Å²) in [5.41, 5.74) is 1.31. The topological polar surface area (TPSA) is 39.7 Å². The zero-order chi connectivity index (χ0) is 13.5. The summed E-state index contributed by atoms with van der Waals surface area (Å²) in [6, 6.07) is 6.19. The predicted molar refractivity (Wildman–Crippen MR) is 75.2 cm³/mol. The first-order valence-corrected chi connectivity index (χ1v) is 6.85. The van der Waals surface area contributed by atoms with Crippen LogP contribution in [0.3, 0.4) is 0 Å². The van der Waals surface area contributed by atoms with Crippen LogP contribution < -0.4 is 14.8 Å². The normalized spacial score (nSPS) is 16.3. The monoisotopic (exact) mass is 265 g/mol. The summed E-state index contributed by atoms with van der Waals surface area (Å²) in [6.07, 6.45) is 2.34. The summed E-state index contributed by atoms with van der Waals surface area (Å²) in [6.45, 7) is 3.33. The van der Waals surface area contributed by atoms with Crippen LogP contribution in [-0.4, -0.2) is 40.5 Å². The maximum absolute atomic E-state index is 5.70. The van der Waals surface area contributed by atoms with Crippen LogP contribution in [0.4, 0.5) is 0 Å². The van der Waals surface area contributed by atoms with Crippen LogP contribution in [0.5, 0.6) is 11.5 Å². The van der Waals surface area contributed by atoms with Crippen molar-refractivity contribution in [2.24, 2.45) is 0 Å². The lowest BCUT2D eigenvalue weighted by Gasteiger charge is -2.24. The van der Waals surface area contributed by atoms with Crippen LogP contribution in [0.2, 0.25) is 0 Å². The molecule has 0 bridgehead atoms. The molecule has 1 aliphatic rings. The quantitative estimate of drug-likeness (QED) is 0.800. The van der Waals surface area contributed by atoms with Gasteiger partial charge < -0.3 is 19.5 Å². The molecule has 4 heteroatoms. The molecule has 2 rings (SSSR count). The Morgan fingerprint density at radius 1 is 1.05 bits per heavy atom. The number of ether oxygens (including phenoxy) is 3. The van der Waals surface area contributed by atoms with Crippen LogP contribution >= 0.6 is 0 Å². The van der Waals surface area contributed by atoms with Gasteiger partial charge >= 0.3 is 0 Å². The third-order valence-electron chi connectivity index (χ3n) is 3.50. The minimum absolute atomic E-state index is 0.565. The van der Waals surface area contributed by atoms with Crippen molar-refractivity contribution in [2.75, 3.05) is 40.5 Å². The molecule has 1 aromatic carbocycles. The van der Waals surface area contributed by atoms with Gasteiger partial charge in [0.2, 0.25) is 0 Å². The Bertz CT molecular complexity index is 389. The molecule has 19 heavy (non-hydrogen) atoms. The lowest BCUT2D eigenvalue weighted by molar-refractivity contribution is 0.146. The number of hydrogen-bond acceptors (Lipinski definition) is 4. The number of rotatable bonds is 6. The number of hydrogen-bond donors (Lipinski definition) is 1. The van der Waals surface area contributed by atoms with Crippen LogP contribution in [0.1, 0.15) is 24.3 Å². The molecule has 0 saturated carbocycles. The van der Waals surface area contributed by atoms with E-state index >= 15 is 0 Å². The fraction of sp³-hybridized carbons (Fsp3) is 0.600. The highest BCUT2D eigenvalue weighted by Gasteiger charge is 2.16. The molecule has 0 spiro atoms. The first-order chi connectivity index (χ1) is 9.33. The molecule has 1 N–H and O–H groups in total. The molecule has 0 aromatic heterocycles. The van der Waals surface area contributed by atoms with Crippen LogP contribution in [0, 0.1) is 0 Å². The largest absolute Gasteiger partial charge is 0.497 e. The number of benzene rings is 1. The van der Waals surface area contributed by atoms with Crippen molar-refractivity contribution in [1.82, 2.24) is 5.32 Å². The Kier molecular flexibility index (Phi) is 5.48. The zero-order valence-electron chi connectivity index (χ0n) is 11.8. The second kappa shape index (κ2) is 7.36. The SMILES string of the molecule is COCCOc1cc(OC)cc(C2CCNCC2)c1. The number of nitrogens with one attached hydrogen (secondary N) is 1. The van der Waals surface area contributed by atoms with Crippen LogP contribution in [-0.2, 0) is 4.74 Å². The highest BCUT2D eigenvalue weighted by molar-refractivity contribution is 5.40. The fourth-order valence-corrected chi connectivity index (χ4v) is 2.43. The van der Waals surface area contributed by atoms with Crippen molar-refractivity contribution in [3.8, 4) is 11.5 Å². The fourth-order valence-electron chi connectivity index (χ4n) is 2.43. The summed E-state index contributed by atoms with van der Waals surface area (Å²) in [7, 11) is 3.37. The highest BCUT2D eigenvalue weighted by Crippen LogP contribution is 2.31. The molecule has 106 valence electrons. The molecule has 1 saturated heterocycles. The van der Waals surface area contributed by atoms with E-state index in [1.807, 2.05) is 6.07 Å². The van der Waals surface area contributed by atoms with Crippen LogP contribution in [0.25, 0.3) is 0 Å². The van der Waals surface area contributed by atoms with Crippen molar-refractivity contribution in [1.29, 1.82) is 0 Å². The van der Waals surface area contributed by atoms with E-state index in [4.69, 9.17) is 14.2 Å². The van der Waals surface area contributed by atoms with Gasteiger partial charge in [-0.05, 0) is 49.5 Å². The standard InChI is InChI=1S/C15H23NO3/c1-17-7-8-19-15-10-13(9-14(11-15)18-2)12-3-5-16-6-4-12/h9-12,16H,3-8H2,1-2H3. The summed E-state index contributed by atoms with van der Waals surface area (Å²) in [4.78, 5) is 0. The Labute approximate surface area is 115 Å². The summed E-state index contributed by atoms with van der Waals surface area (Å²) >= 11 is 0. The molecule has 0 aliphatic carbocycles. The van der Waals surface area contributed by atoms with Gasteiger partial charge in [0.05, 0.1) is 13.7 Å². The molecule has 0 radical (unpaired) electrons. The zero-order valence-corrected chi connectivity index (χ0v) is 11.8. The number of methoxy groups -OCH3 is 2. The van der Waals surface area contributed by atoms with E-state index < -0.39 is 0 Å². The van der Waals surface area contributed by atoms with Crippen molar-refractivity contribution in [2.45, 2.75) is 18.8 Å². The average molecular weight is 265 g/mol. The van der Waals surface area contributed by atoms with Gasteiger partial charge in [0.15, 0.2) is 0 Å². The van der Waals surface area contributed by atoms with Gasteiger partial charge in [-0.1, -0.05) is 0 Å². The summed E-state index contributed by atoms with van der Waals surface area (Å²) < 4.78 is 16.1. The molecule has 1 aromatic rings. The molecule has 1 fully saturated rings. The minimum Gasteiger partial charge on any atom is -0.497 e. The van der Waals surface area contributed by atoms with E-state index in [0.717, 1.165) is 24.6 Å². The third-order valence-corrected chi connectivity index (χ3v) is 3.50. The van der Waals surface area contributed by atoms with Gasteiger partial charge in [-0.15, -0.1) is 0 Å². The third kappa shape index (κ3) is 4.11. The van der Waals surface area contributed by atoms with Gasteiger partial charge in [-0.25, -0.2) is 0 Å². The van der Waals surface area contributed by atoms with E-state index in [1.165, 1.54) is 18.4 Å². The first kappa shape index (κ1) is 14.2. The van der Waals surface area contributed by atoms with E-state index in [2.05, 4.69) is 17.4 Å². The second-order valence-corrected chi connectivity index (χ2v) is 4.81. The average Bonchev–Trinajstić information content (AvgIpc) is 2.48. The Morgan fingerprint density at radius 2 is 1.79 bits per heavy atom. The Morgan fingerprint density at radius 3 is 2.47 bits per heavy atom. The predicted octanol–water partition coefficient (Wildman–Crippen LogP) is 2.19. The van der Waals surface area contributed by atoms with Crippen LogP contribution in [0.15, 0.2) is 18.2 Å². The van der Waals surface area contributed by atoms with Gasteiger partial charge in [0, 0.05) is 13.2 Å². The van der Waals surface area contributed by atoms with E-state index in [-0.39, 0.29) is 0 Å². The molecule has 4 nitrogen and oxygen atoms in total. The first-order valence-electron chi connectivity index (χ1n) is 6.85. The minimum atomic E-state index is 0.565. The highest BCUT2D eigenvalue weighted by atomic mass is 16.5. The smallest absolute Gasteiger partial charge is 0.123 e. The Hall–Kier alpha value is -1.26. The van der Waals surface area contributed by atoms with Crippen molar-refractivity contribution in [3.05, 3.63) is 23.8 Å². The second-order valence-electron chi connectivity index (χ2n) is 4.81. The molecular weight excluding hydrogens is 242 g/mol. The molecule has 1 heterocycles. The van der Waals surface area contributed by atoms with Crippen molar-refractivity contribution in [3.63, 3.8) is 0 Å². The Balaban J connectivity index is 2.10. The van der Waals surface area contributed by atoms with E-state index in [9.17, 15) is 0 Å². The van der Waals surface area contributed by atoms with Gasteiger partial charge in [-0.2, -0.15) is 0 Å². The molecular formula is C15H23NO3. The van der Waals surface area contributed by atoms with Gasteiger partial charge in [0.1, 0.15) is 18.1 Å². The van der Waals surface area contributed by atoms with Crippen molar-refractivity contribution < 1.29 is 14.2 Å². The van der Waals surface area contributed by atoms with E-state index in [1.54, 1.807) is 14.2 Å². The molecule has 0 atom stereocenters. The van der Waals surface area contributed by atoms with Crippen molar-refractivity contribution >= 4 is 0 Å². The molecule has 1 aliphatic heterocycles. The molecule has 0 amide bonds. The maximum atomic E-state index is 5.70. The lowest BCUT2D eigenvalue weighted by atomic mass is 9.90. The lowest BCUT2D eigenvalue weighted by Crippen LogP contribution is -2.26. The van der Waals surface area contributed by atoms with Gasteiger partial charge in [0.25, 0.3) is 0 Å². The summed E-state index contributed by atoms with van der Waals surface area (Å²) in [5.74, 6) is 2.33. The molecule has 0 unspecified atom stereocenters. The van der Waals surface area contributed by atoms with Gasteiger partial charge in [-0.3, -0.25) is 0 Å².